The summed E-state index contributed by atoms with van der Waals surface area (Å²) < 4.78 is 11.8. The molecule has 0 spiro atoms. The first-order valence-electron chi connectivity index (χ1n) is 12.3. The Morgan fingerprint density at radius 3 is 1.67 bits per heavy atom. The molecule has 0 unspecified atom stereocenters. The van der Waals surface area contributed by atoms with Gasteiger partial charge >= 0.3 is 0 Å². The van der Waals surface area contributed by atoms with Gasteiger partial charge in [0, 0.05) is 6.42 Å². The van der Waals surface area contributed by atoms with Crippen molar-refractivity contribution >= 4 is 5.91 Å². The zero-order valence-corrected chi connectivity index (χ0v) is 19.1. The summed E-state index contributed by atoms with van der Waals surface area (Å²) >= 11 is 0. The third kappa shape index (κ3) is 9.18. The maximum Gasteiger partial charge on any atom is 0.277 e. The van der Waals surface area contributed by atoms with Gasteiger partial charge in [-0.3, -0.25) is 4.79 Å². The maximum atomic E-state index is 12.1. The minimum Gasteiger partial charge on any atom is -0.365 e. The van der Waals surface area contributed by atoms with Crippen LogP contribution in [0.1, 0.15) is 114 Å². The highest BCUT2D eigenvalue weighted by Crippen LogP contribution is 2.27. The van der Waals surface area contributed by atoms with E-state index in [0.29, 0.717) is 19.6 Å². The number of benzene rings is 1. The number of hydrogen-bond acceptors (Lipinski definition) is 3. The minimum absolute atomic E-state index is 0.357. The molecule has 170 valence electrons. The Morgan fingerprint density at radius 1 is 0.800 bits per heavy atom. The Bertz CT molecular complexity index is 578. The van der Waals surface area contributed by atoms with Crippen molar-refractivity contribution in [2.75, 3.05) is 0 Å². The molecular weight excluding hydrogens is 374 g/mol. The van der Waals surface area contributed by atoms with Crippen molar-refractivity contribution in [3.05, 3.63) is 35.4 Å². The van der Waals surface area contributed by atoms with Gasteiger partial charge in [-0.2, -0.15) is 0 Å². The van der Waals surface area contributed by atoms with E-state index in [1.807, 2.05) is 18.2 Å². The zero-order valence-electron chi connectivity index (χ0n) is 19.1. The van der Waals surface area contributed by atoms with E-state index in [4.69, 9.17) is 15.2 Å². The van der Waals surface area contributed by atoms with Gasteiger partial charge < -0.3 is 15.2 Å². The molecular formula is C26H43NO3. The summed E-state index contributed by atoms with van der Waals surface area (Å²) in [5.41, 5.74) is 7.80. The lowest BCUT2D eigenvalue weighted by molar-refractivity contribution is -0.243. The molecule has 1 aromatic rings. The second-order valence-electron chi connectivity index (χ2n) is 8.86. The number of nitrogens with two attached hydrogens (primary N) is 1. The van der Waals surface area contributed by atoms with Crippen LogP contribution in [-0.4, -0.2) is 11.7 Å². The van der Waals surface area contributed by atoms with Gasteiger partial charge in [0.1, 0.15) is 0 Å². The predicted octanol–water partition coefficient (Wildman–Crippen LogP) is 6.79. The monoisotopic (exact) mass is 417 g/mol. The highest BCUT2D eigenvalue weighted by Gasteiger charge is 2.39. The molecule has 0 radical (unpaired) electrons. The summed E-state index contributed by atoms with van der Waals surface area (Å²) in [5, 5.41) is 0. The van der Waals surface area contributed by atoms with Crippen molar-refractivity contribution in [1.82, 2.24) is 0 Å². The largest absolute Gasteiger partial charge is 0.365 e. The van der Waals surface area contributed by atoms with Crippen molar-refractivity contribution in [3.8, 4) is 0 Å². The van der Waals surface area contributed by atoms with Crippen LogP contribution in [0.5, 0.6) is 0 Å². The lowest BCUT2D eigenvalue weighted by Gasteiger charge is -2.32. The maximum absolute atomic E-state index is 12.1. The van der Waals surface area contributed by atoms with Crippen LogP contribution in [0, 0.1) is 0 Å². The third-order valence-corrected chi connectivity index (χ3v) is 6.17. The summed E-state index contributed by atoms with van der Waals surface area (Å²) in [6, 6.07) is 8.06. The molecule has 0 aromatic heterocycles. The minimum atomic E-state index is -1.29. The highest BCUT2D eigenvalue weighted by molar-refractivity contribution is 5.81. The first-order valence-corrected chi connectivity index (χ1v) is 12.3. The van der Waals surface area contributed by atoms with Crippen molar-refractivity contribution in [1.29, 1.82) is 0 Å². The van der Waals surface area contributed by atoms with Gasteiger partial charge in [-0.25, -0.2) is 0 Å². The molecule has 4 heteroatoms. The van der Waals surface area contributed by atoms with E-state index in [1.165, 1.54) is 77.0 Å². The highest BCUT2D eigenvalue weighted by atomic mass is 16.7. The molecule has 1 aliphatic heterocycles. The van der Waals surface area contributed by atoms with E-state index in [-0.39, 0.29) is 0 Å². The molecule has 2 bridgehead atoms. The number of carbonyl (C=O) groups excluding carboxylic acids is 1. The Hall–Kier alpha value is -1.39. The fraction of sp³-hybridized carbons (Fsp3) is 0.731. The Balaban J connectivity index is 1.53. The summed E-state index contributed by atoms with van der Waals surface area (Å²) in [4.78, 5) is 12.1. The fourth-order valence-corrected chi connectivity index (χ4v) is 4.21. The number of unbranched alkanes of at least 4 members (excludes halogenated alkanes) is 13. The molecule has 0 fully saturated rings. The van der Waals surface area contributed by atoms with Crippen LogP contribution in [0.25, 0.3) is 0 Å². The number of amides is 1. The van der Waals surface area contributed by atoms with Crippen LogP contribution < -0.4 is 5.73 Å². The van der Waals surface area contributed by atoms with Gasteiger partial charge in [0.15, 0.2) is 0 Å². The van der Waals surface area contributed by atoms with Crippen LogP contribution in [0.3, 0.4) is 0 Å². The molecule has 0 saturated carbocycles. The number of ether oxygens (including phenoxy) is 2. The topological polar surface area (TPSA) is 61.6 Å². The molecule has 1 aliphatic rings. The lowest BCUT2D eigenvalue weighted by Crippen LogP contribution is -2.49. The van der Waals surface area contributed by atoms with E-state index >= 15 is 0 Å². The average molecular weight is 418 g/mol. The predicted molar refractivity (Wildman–Crippen MR) is 123 cm³/mol. The normalized spacial score (nSPS) is 15.5. The van der Waals surface area contributed by atoms with Crippen LogP contribution in [0.4, 0.5) is 0 Å². The first-order chi connectivity index (χ1) is 14.7. The Kier molecular flexibility index (Phi) is 12.1. The SMILES string of the molecule is CCCCCCCCCCCCCCCCC1(C(N)=O)OCc2cccc(c2)CO1. The summed E-state index contributed by atoms with van der Waals surface area (Å²) in [7, 11) is 0. The Labute approximate surface area is 183 Å². The standard InChI is InChI=1S/C26H43NO3/c1-2-3-4-5-6-7-8-9-10-11-12-13-14-15-19-26(25(27)28)29-21-23-17-16-18-24(20-23)22-30-26/h16-18,20H,2-15,19,21-22H2,1H3,(H2,27,28). The molecule has 0 aliphatic carbocycles. The zero-order chi connectivity index (χ0) is 21.5. The van der Waals surface area contributed by atoms with Crippen molar-refractivity contribution < 1.29 is 14.3 Å². The smallest absolute Gasteiger partial charge is 0.277 e. The summed E-state index contributed by atoms with van der Waals surface area (Å²) in [6.07, 6.45) is 18.8. The van der Waals surface area contributed by atoms with Crippen molar-refractivity contribution in [2.45, 2.75) is 122 Å². The van der Waals surface area contributed by atoms with Gasteiger partial charge in [0.05, 0.1) is 13.2 Å². The van der Waals surface area contributed by atoms with Crippen LogP contribution in [0.2, 0.25) is 0 Å². The number of fused-ring (bicyclic) bond motifs is 2. The Morgan fingerprint density at radius 2 is 1.23 bits per heavy atom. The van der Waals surface area contributed by atoms with Crippen LogP contribution in [0.15, 0.2) is 24.3 Å². The number of rotatable bonds is 16. The summed E-state index contributed by atoms with van der Waals surface area (Å²) in [6.45, 7) is 2.98. The summed E-state index contributed by atoms with van der Waals surface area (Å²) in [5.74, 6) is -1.80. The van der Waals surface area contributed by atoms with Gasteiger partial charge in [-0.1, -0.05) is 115 Å². The fourth-order valence-electron chi connectivity index (χ4n) is 4.21. The molecule has 2 N–H and O–H groups in total. The first kappa shape index (κ1) is 24.9. The number of hydrogen-bond donors (Lipinski definition) is 1. The van der Waals surface area contributed by atoms with E-state index in [0.717, 1.165) is 24.0 Å². The second-order valence-corrected chi connectivity index (χ2v) is 8.86. The van der Waals surface area contributed by atoms with Crippen molar-refractivity contribution in [3.63, 3.8) is 0 Å². The van der Waals surface area contributed by atoms with Gasteiger partial charge in [-0.15, -0.1) is 0 Å². The molecule has 30 heavy (non-hydrogen) atoms. The van der Waals surface area contributed by atoms with Gasteiger partial charge in [-0.05, 0) is 17.5 Å². The molecule has 0 atom stereocenters. The van der Waals surface area contributed by atoms with E-state index in [1.54, 1.807) is 0 Å². The van der Waals surface area contributed by atoms with E-state index in [2.05, 4.69) is 13.0 Å². The van der Waals surface area contributed by atoms with E-state index in [9.17, 15) is 4.79 Å². The number of primary amides is 1. The van der Waals surface area contributed by atoms with Crippen molar-refractivity contribution in [2.24, 2.45) is 5.73 Å². The quantitative estimate of drug-likeness (QED) is 0.301. The second kappa shape index (κ2) is 14.6. The molecule has 1 aromatic carbocycles. The van der Waals surface area contributed by atoms with Gasteiger partial charge in [0.25, 0.3) is 5.91 Å². The molecule has 4 nitrogen and oxygen atoms in total. The molecule has 1 heterocycles. The van der Waals surface area contributed by atoms with Crippen LogP contribution >= 0.6 is 0 Å². The molecule has 2 rings (SSSR count). The molecule has 0 saturated heterocycles. The third-order valence-electron chi connectivity index (χ3n) is 6.17. The van der Waals surface area contributed by atoms with Crippen LogP contribution in [-0.2, 0) is 27.5 Å². The average Bonchev–Trinajstić information content (AvgIpc) is 2.74. The lowest BCUT2D eigenvalue weighted by atomic mass is 10.0. The van der Waals surface area contributed by atoms with E-state index < -0.39 is 11.7 Å². The van der Waals surface area contributed by atoms with Gasteiger partial charge in [0.2, 0.25) is 5.79 Å². The molecule has 1 amide bonds. The number of carbonyl (C=O) groups is 1.